The van der Waals surface area contributed by atoms with Crippen LogP contribution in [-0.2, 0) is 4.74 Å². The molecule has 0 spiro atoms. The minimum atomic E-state index is -0.657. The fraction of sp³-hybridized carbons (Fsp3) is 0.696. The SMILES string of the molecule is CC(C)(C[C@@H]1CCCC[C@H]1CN1CCC(c2ccccc2)CC1)OC(N)=O. The predicted molar refractivity (Wildman–Crippen MR) is 110 cm³/mol. The van der Waals surface area contributed by atoms with E-state index in [4.69, 9.17) is 10.5 Å². The predicted octanol–water partition coefficient (Wildman–Crippen LogP) is 4.94. The van der Waals surface area contributed by atoms with E-state index in [2.05, 4.69) is 35.2 Å². The Morgan fingerprint density at radius 3 is 2.33 bits per heavy atom. The molecule has 2 atom stereocenters. The largest absolute Gasteiger partial charge is 0.444 e. The van der Waals surface area contributed by atoms with Crippen molar-refractivity contribution in [2.45, 2.75) is 70.3 Å². The molecule has 1 aromatic rings. The molecule has 0 radical (unpaired) electrons. The minimum absolute atomic E-state index is 0.466. The molecule has 27 heavy (non-hydrogen) atoms. The molecule has 1 aliphatic heterocycles. The van der Waals surface area contributed by atoms with Crippen LogP contribution in [0.1, 0.15) is 70.3 Å². The molecule has 1 aromatic carbocycles. The molecular formula is C23H36N2O2. The number of amides is 1. The average Bonchev–Trinajstić information content (AvgIpc) is 2.63. The molecule has 2 fully saturated rings. The summed E-state index contributed by atoms with van der Waals surface area (Å²) in [7, 11) is 0. The second-order valence-corrected chi connectivity index (χ2v) is 9.18. The zero-order chi connectivity index (χ0) is 19.3. The van der Waals surface area contributed by atoms with E-state index in [0.29, 0.717) is 17.8 Å². The van der Waals surface area contributed by atoms with E-state index in [-0.39, 0.29) is 0 Å². The number of nitrogens with zero attached hydrogens (tertiary/aromatic N) is 1. The molecule has 4 heteroatoms. The summed E-state index contributed by atoms with van der Waals surface area (Å²) >= 11 is 0. The third-order valence-corrected chi connectivity index (χ3v) is 6.55. The number of rotatable bonds is 6. The van der Waals surface area contributed by atoms with Gasteiger partial charge in [-0.05, 0) is 82.4 Å². The summed E-state index contributed by atoms with van der Waals surface area (Å²) in [5.74, 6) is 2.05. The van der Waals surface area contributed by atoms with Crippen LogP contribution in [0.5, 0.6) is 0 Å². The van der Waals surface area contributed by atoms with Crippen LogP contribution < -0.4 is 5.73 Å². The lowest BCUT2D eigenvalue weighted by Gasteiger charge is -2.40. The third-order valence-electron chi connectivity index (χ3n) is 6.55. The van der Waals surface area contributed by atoms with Gasteiger partial charge >= 0.3 is 6.09 Å². The number of carbonyl (C=O) groups excluding carboxylic acids is 1. The molecule has 0 aromatic heterocycles. The summed E-state index contributed by atoms with van der Waals surface area (Å²) in [4.78, 5) is 13.9. The number of piperidine rings is 1. The van der Waals surface area contributed by atoms with Crippen molar-refractivity contribution in [2.24, 2.45) is 17.6 Å². The highest BCUT2D eigenvalue weighted by molar-refractivity contribution is 5.65. The first-order chi connectivity index (χ1) is 12.9. The van der Waals surface area contributed by atoms with Crippen molar-refractivity contribution < 1.29 is 9.53 Å². The Morgan fingerprint density at radius 1 is 1.07 bits per heavy atom. The fourth-order valence-corrected chi connectivity index (χ4v) is 5.24. The smallest absolute Gasteiger partial charge is 0.405 e. The molecule has 1 heterocycles. The van der Waals surface area contributed by atoms with E-state index in [9.17, 15) is 4.79 Å². The van der Waals surface area contributed by atoms with Gasteiger partial charge in [-0.15, -0.1) is 0 Å². The van der Waals surface area contributed by atoms with Crippen molar-refractivity contribution in [1.29, 1.82) is 0 Å². The summed E-state index contributed by atoms with van der Waals surface area (Å²) in [6.45, 7) is 7.58. The van der Waals surface area contributed by atoms with E-state index >= 15 is 0 Å². The lowest BCUT2D eigenvalue weighted by molar-refractivity contribution is 0.00685. The Bertz CT molecular complexity index is 594. The molecule has 2 aliphatic rings. The maximum absolute atomic E-state index is 11.2. The second kappa shape index (κ2) is 9.09. The van der Waals surface area contributed by atoms with Gasteiger partial charge in [-0.3, -0.25) is 0 Å². The highest BCUT2D eigenvalue weighted by Crippen LogP contribution is 2.38. The Kier molecular flexibility index (Phi) is 6.80. The number of benzene rings is 1. The molecule has 1 saturated carbocycles. The van der Waals surface area contributed by atoms with Gasteiger partial charge in [-0.25, -0.2) is 4.79 Å². The highest BCUT2D eigenvalue weighted by Gasteiger charge is 2.34. The lowest BCUT2D eigenvalue weighted by atomic mass is 9.74. The zero-order valence-electron chi connectivity index (χ0n) is 17.0. The quantitative estimate of drug-likeness (QED) is 0.770. The summed E-state index contributed by atoms with van der Waals surface area (Å²) in [6.07, 6.45) is 7.96. The number of hydrogen-bond acceptors (Lipinski definition) is 3. The number of nitrogens with two attached hydrogens (primary N) is 1. The molecule has 1 aliphatic carbocycles. The molecule has 1 amide bonds. The Morgan fingerprint density at radius 2 is 1.70 bits per heavy atom. The van der Waals surface area contributed by atoms with Gasteiger partial charge in [0.1, 0.15) is 5.60 Å². The highest BCUT2D eigenvalue weighted by atomic mass is 16.6. The van der Waals surface area contributed by atoms with Crippen LogP contribution in [0.25, 0.3) is 0 Å². The monoisotopic (exact) mass is 372 g/mol. The van der Waals surface area contributed by atoms with Crippen molar-refractivity contribution in [3.05, 3.63) is 35.9 Å². The molecule has 4 nitrogen and oxygen atoms in total. The number of carbonyl (C=O) groups is 1. The fourth-order valence-electron chi connectivity index (χ4n) is 5.24. The van der Waals surface area contributed by atoms with Gasteiger partial charge in [0.05, 0.1) is 0 Å². The number of likely N-dealkylation sites (tertiary alicyclic amines) is 1. The van der Waals surface area contributed by atoms with Crippen molar-refractivity contribution in [3.63, 3.8) is 0 Å². The van der Waals surface area contributed by atoms with Gasteiger partial charge < -0.3 is 15.4 Å². The van der Waals surface area contributed by atoms with Crippen LogP contribution in [0.4, 0.5) is 4.79 Å². The Balaban J connectivity index is 1.52. The summed E-state index contributed by atoms with van der Waals surface area (Å²) in [6, 6.07) is 11.0. The van der Waals surface area contributed by atoms with E-state index in [1.807, 2.05) is 13.8 Å². The molecule has 150 valence electrons. The van der Waals surface area contributed by atoms with Gasteiger partial charge in [0.15, 0.2) is 0 Å². The van der Waals surface area contributed by atoms with Crippen LogP contribution in [0.15, 0.2) is 30.3 Å². The van der Waals surface area contributed by atoms with Crippen molar-refractivity contribution >= 4 is 6.09 Å². The zero-order valence-corrected chi connectivity index (χ0v) is 17.0. The maximum Gasteiger partial charge on any atom is 0.405 e. The van der Waals surface area contributed by atoms with Gasteiger partial charge in [0, 0.05) is 6.54 Å². The van der Waals surface area contributed by atoms with Crippen LogP contribution >= 0.6 is 0 Å². The van der Waals surface area contributed by atoms with Crippen LogP contribution in [0.2, 0.25) is 0 Å². The van der Waals surface area contributed by atoms with E-state index in [1.165, 1.54) is 63.7 Å². The maximum atomic E-state index is 11.2. The van der Waals surface area contributed by atoms with Crippen molar-refractivity contribution in [3.8, 4) is 0 Å². The number of ether oxygens (including phenoxy) is 1. The molecule has 3 rings (SSSR count). The second-order valence-electron chi connectivity index (χ2n) is 9.18. The third kappa shape index (κ3) is 5.97. The molecule has 0 bridgehead atoms. The lowest BCUT2D eigenvalue weighted by Crippen LogP contribution is -2.41. The molecule has 1 saturated heterocycles. The first kappa shape index (κ1) is 20.2. The van der Waals surface area contributed by atoms with Crippen molar-refractivity contribution in [2.75, 3.05) is 19.6 Å². The minimum Gasteiger partial charge on any atom is -0.444 e. The van der Waals surface area contributed by atoms with E-state index < -0.39 is 11.7 Å². The van der Waals surface area contributed by atoms with Gasteiger partial charge in [0.2, 0.25) is 0 Å². The number of primary amides is 1. The summed E-state index contributed by atoms with van der Waals surface area (Å²) < 4.78 is 5.37. The molecule has 2 N–H and O–H groups in total. The van der Waals surface area contributed by atoms with Crippen LogP contribution in [-0.4, -0.2) is 36.2 Å². The van der Waals surface area contributed by atoms with E-state index in [0.717, 1.165) is 6.42 Å². The first-order valence-corrected chi connectivity index (χ1v) is 10.7. The molecular weight excluding hydrogens is 336 g/mol. The van der Waals surface area contributed by atoms with Crippen molar-refractivity contribution in [1.82, 2.24) is 4.90 Å². The first-order valence-electron chi connectivity index (χ1n) is 10.7. The topological polar surface area (TPSA) is 55.6 Å². The Labute approximate surface area is 164 Å². The van der Waals surface area contributed by atoms with E-state index in [1.54, 1.807) is 0 Å². The van der Waals surface area contributed by atoms with Gasteiger partial charge in [0.25, 0.3) is 0 Å². The Hall–Kier alpha value is -1.55. The van der Waals surface area contributed by atoms with Gasteiger partial charge in [-0.1, -0.05) is 43.2 Å². The van der Waals surface area contributed by atoms with Crippen LogP contribution in [0, 0.1) is 11.8 Å². The molecule has 0 unspecified atom stereocenters. The standard InChI is InChI=1S/C23H36N2O2/c1-23(2,27-22(24)26)16-20-10-6-7-11-21(20)17-25-14-12-19(13-15-25)18-8-4-3-5-9-18/h3-5,8-9,19-21H,6-7,10-17H2,1-2H3,(H2,24,26)/t20-,21-/m0/s1. The van der Waals surface area contributed by atoms with Crippen LogP contribution in [0.3, 0.4) is 0 Å². The number of hydrogen-bond donors (Lipinski definition) is 1. The normalized spacial score (nSPS) is 25.3. The average molecular weight is 373 g/mol. The summed E-state index contributed by atoms with van der Waals surface area (Å²) in [5, 5.41) is 0. The van der Waals surface area contributed by atoms with Gasteiger partial charge in [-0.2, -0.15) is 0 Å². The summed E-state index contributed by atoms with van der Waals surface area (Å²) in [5.41, 5.74) is 6.29.